The maximum atomic E-state index is 11.8. The first-order chi connectivity index (χ1) is 9.51. The van der Waals surface area contributed by atoms with Gasteiger partial charge in [0.05, 0.1) is 12.3 Å². The predicted molar refractivity (Wildman–Crippen MR) is 84.4 cm³/mol. The number of esters is 1. The molecule has 0 aliphatic carbocycles. The molecule has 0 amide bonds. The van der Waals surface area contributed by atoms with Crippen LogP contribution < -0.4 is 0 Å². The minimum atomic E-state index is -0.388. The number of rotatable bonds is 3. The molecule has 1 atom stereocenters. The number of benzene rings is 1. The number of aliphatic imine (C=N–C) groups is 2. The Kier molecular flexibility index (Phi) is 4.83. The average molecular weight is 311 g/mol. The lowest BCUT2D eigenvalue weighted by Crippen LogP contribution is -2.24. The normalized spacial score (nSPS) is 20.1. The van der Waals surface area contributed by atoms with E-state index in [-0.39, 0.29) is 11.2 Å². The second-order valence-electron chi connectivity index (χ2n) is 4.33. The highest BCUT2D eigenvalue weighted by Gasteiger charge is 2.31. The van der Waals surface area contributed by atoms with Gasteiger partial charge in [-0.15, -0.1) is 0 Å². The van der Waals surface area contributed by atoms with Gasteiger partial charge in [-0.05, 0) is 44.5 Å². The van der Waals surface area contributed by atoms with Gasteiger partial charge in [0.25, 0.3) is 0 Å². The van der Waals surface area contributed by atoms with Crippen LogP contribution in [0.15, 0.2) is 28.2 Å². The molecule has 0 spiro atoms. The highest BCUT2D eigenvalue weighted by molar-refractivity contribution is 8.16. The molecule has 0 fully saturated rings. The van der Waals surface area contributed by atoms with Crippen molar-refractivity contribution in [2.75, 3.05) is 6.61 Å². The van der Waals surface area contributed by atoms with Crippen LogP contribution in [-0.4, -0.2) is 28.7 Å². The summed E-state index contributed by atoms with van der Waals surface area (Å²) in [7, 11) is 0. The van der Waals surface area contributed by atoms with Crippen molar-refractivity contribution >= 4 is 45.9 Å². The molecule has 4 nitrogen and oxygen atoms in total. The van der Waals surface area contributed by atoms with Gasteiger partial charge in [-0.1, -0.05) is 23.4 Å². The lowest BCUT2D eigenvalue weighted by atomic mass is 10.2. The highest BCUT2D eigenvalue weighted by Crippen LogP contribution is 2.29. The molecule has 1 unspecified atom stereocenters. The second-order valence-corrected chi connectivity index (χ2v) is 5.84. The van der Waals surface area contributed by atoms with E-state index in [1.54, 1.807) is 13.0 Å². The number of amidine groups is 1. The van der Waals surface area contributed by atoms with E-state index in [4.69, 9.17) is 16.3 Å². The van der Waals surface area contributed by atoms with Gasteiger partial charge in [-0.25, -0.2) is 9.98 Å². The van der Waals surface area contributed by atoms with Crippen molar-refractivity contribution in [1.29, 1.82) is 0 Å². The van der Waals surface area contributed by atoms with E-state index >= 15 is 0 Å². The molecule has 1 heterocycles. The molecule has 2 rings (SSSR count). The molecule has 1 aliphatic heterocycles. The Balaban J connectivity index is 2.19. The molecule has 0 saturated carbocycles. The Labute approximate surface area is 127 Å². The minimum absolute atomic E-state index is 0.267. The van der Waals surface area contributed by atoms with Gasteiger partial charge in [-0.2, -0.15) is 0 Å². The van der Waals surface area contributed by atoms with Gasteiger partial charge in [0.1, 0.15) is 5.25 Å². The highest BCUT2D eigenvalue weighted by atomic mass is 35.5. The molecule has 1 aromatic carbocycles. The fraction of sp³-hybridized carbons (Fsp3) is 0.357. The molecule has 1 aliphatic rings. The van der Waals surface area contributed by atoms with Gasteiger partial charge in [0.15, 0.2) is 5.17 Å². The number of carbonyl (C=O) groups excluding carboxylic acids is 1. The summed E-state index contributed by atoms with van der Waals surface area (Å²) >= 11 is 7.23. The summed E-state index contributed by atoms with van der Waals surface area (Å²) in [6, 6.07) is 5.47. The van der Waals surface area contributed by atoms with Gasteiger partial charge in [-0.3, -0.25) is 4.79 Å². The number of hydrogen-bond donors (Lipinski definition) is 0. The van der Waals surface area contributed by atoms with Crippen molar-refractivity contribution in [2.45, 2.75) is 26.0 Å². The molecule has 1 aromatic rings. The van der Waals surface area contributed by atoms with E-state index in [0.29, 0.717) is 16.8 Å². The van der Waals surface area contributed by atoms with E-state index in [1.165, 1.54) is 11.8 Å². The number of nitrogens with zero attached hydrogens (tertiary/aromatic N) is 2. The summed E-state index contributed by atoms with van der Waals surface area (Å²) < 4.78 is 5.02. The Morgan fingerprint density at radius 2 is 2.25 bits per heavy atom. The Morgan fingerprint density at radius 1 is 1.50 bits per heavy atom. The number of aryl methyl sites for hydroxylation is 1. The molecule has 0 saturated heterocycles. The lowest BCUT2D eigenvalue weighted by Gasteiger charge is -2.07. The molecular formula is C14H15ClN2O2S. The molecule has 0 aromatic heterocycles. The third kappa shape index (κ3) is 3.41. The topological polar surface area (TPSA) is 51.0 Å². The van der Waals surface area contributed by atoms with Crippen LogP contribution in [0.25, 0.3) is 0 Å². The van der Waals surface area contributed by atoms with Crippen molar-refractivity contribution in [3.63, 3.8) is 0 Å². The van der Waals surface area contributed by atoms with Crippen LogP contribution in [0.5, 0.6) is 0 Å². The van der Waals surface area contributed by atoms with E-state index in [1.807, 2.05) is 26.0 Å². The quantitative estimate of drug-likeness (QED) is 0.798. The molecule has 106 valence electrons. The molecule has 0 bridgehead atoms. The zero-order valence-corrected chi connectivity index (χ0v) is 13.1. The lowest BCUT2D eigenvalue weighted by molar-refractivity contribution is -0.141. The fourth-order valence-corrected chi connectivity index (χ4v) is 2.93. The third-order valence-electron chi connectivity index (χ3n) is 2.75. The van der Waals surface area contributed by atoms with Crippen LogP contribution in [0.3, 0.4) is 0 Å². The molecule has 0 radical (unpaired) electrons. The standard InChI is InChI=1S/C14H15ClN2O2S/c1-4-19-13(18)12-9(3)16-14(20-12)17-11-6-5-10(15)7-8(11)2/h5-7,12H,4H2,1-3H3. The summed E-state index contributed by atoms with van der Waals surface area (Å²) in [5.74, 6) is -0.267. The van der Waals surface area contributed by atoms with Crippen LogP contribution in [-0.2, 0) is 9.53 Å². The Bertz CT molecular complexity index is 599. The summed E-state index contributed by atoms with van der Waals surface area (Å²) in [4.78, 5) is 20.6. The number of halogens is 1. The number of thioether (sulfide) groups is 1. The van der Waals surface area contributed by atoms with Gasteiger partial charge in [0, 0.05) is 10.7 Å². The summed E-state index contributed by atoms with van der Waals surface area (Å²) in [6.07, 6.45) is 0. The predicted octanol–water partition coefficient (Wildman–Crippen LogP) is 3.78. The number of ether oxygens (including phenoxy) is 1. The van der Waals surface area contributed by atoms with Crippen LogP contribution in [0, 0.1) is 6.92 Å². The number of carbonyl (C=O) groups is 1. The maximum absolute atomic E-state index is 11.8. The Morgan fingerprint density at radius 3 is 2.90 bits per heavy atom. The first-order valence-corrected chi connectivity index (χ1v) is 7.50. The smallest absolute Gasteiger partial charge is 0.325 e. The van der Waals surface area contributed by atoms with Gasteiger partial charge >= 0.3 is 5.97 Å². The van der Waals surface area contributed by atoms with Crippen molar-refractivity contribution in [2.24, 2.45) is 9.98 Å². The van der Waals surface area contributed by atoms with Gasteiger partial charge < -0.3 is 4.74 Å². The van der Waals surface area contributed by atoms with Crippen molar-refractivity contribution in [1.82, 2.24) is 0 Å². The van der Waals surface area contributed by atoms with Crippen LogP contribution in [0.1, 0.15) is 19.4 Å². The van der Waals surface area contributed by atoms with Crippen molar-refractivity contribution in [3.8, 4) is 0 Å². The molecular weight excluding hydrogens is 296 g/mol. The zero-order valence-electron chi connectivity index (χ0n) is 11.5. The summed E-state index contributed by atoms with van der Waals surface area (Å²) in [5.41, 5.74) is 2.50. The van der Waals surface area contributed by atoms with Crippen LogP contribution in [0.2, 0.25) is 5.02 Å². The van der Waals surface area contributed by atoms with Crippen LogP contribution >= 0.6 is 23.4 Å². The van der Waals surface area contributed by atoms with E-state index < -0.39 is 0 Å². The summed E-state index contributed by atoms with van der Waals surface area (Å²) in [5, 5.41) is 0.863. The molecule has 0 N–H and O–H groups in total. The number of hydrogen-bond acceptors (Lipinski definition) is 4. The second kappa shape index (κ2) is 6.41. The minimum Gasteiger partial charge on any atom is -0.465 e. The SMILES string of the molecule is CCOC(=O)C1SC(=Nc2ccc(Cl)cc2C)N=C1C. The molecule has 20 heavy (non-hydrogen) atoms. The maximum Gasteiger partial charge on any atom is 0.325 e. The van der Waals surface area contributed by atoms with E-state index in [9.17, 15) is 4.79 Å². The van der Waals surface area contributed by atoms with Crippen LogP contribution in [0.4, 0.5) is 5.69 Å². The summed E-state index contributed by atoms with van der Waals surface area (Å²) in [6.45, 7) is 5.90. The monoisotopic (exact) mass is 310 g/mol. The zero-order chi connectivity index (χ0) is 14.7. The third-order valence-corrected chi connectivity index (χ3v) is 4.15. The first-order valence-electron chi connectivity index (χ1n) is 6.24. The molecule has 6 heteroatoms. The fourth-order valence-electron chi connectivity index (χ4n) is 1.76. The first kappa shape index (κ1) is 15.1. The largest absolute Gasteiger partial charge is 0.465 e. The van der Waals surface area contributed by atoms with Crippen molar-refractivity contribution in [3.05, 3.63) is 28.8 Å². The Hall–Kier alpha value is -1.33. The van der Waals surface area contributed by atoms with Crippen molar-refractivity contribution < 1.29 is 9.53 Å². The average Bonchev–Trinajstić information content (AvgIpc) is 2.74. The van der Waals surface area contributed by atoms with E-state index in [0.717, 1.165) is 17.0 Å². The van der Waals surface area contributed by atoms with Gasteiger partial charge in [0.2, 0.25) is 0 Å². The van der Waals surface area contributed by atoms with E-state index in [2.05, 4.69) is 9.98 Å².